The number of hydrogen-bond acceptors (Lipinski definition) is 7. The maximum atomic E-state index is 13.5. The molecule has 5 rings (SSSR count). The van der Waals surface area contributed by atoms with Gasteiger partial charge in [0.05, 0.1) is 15.3 Å². The molecule has 1 unspecified atom stereocenters. The molecular formula is C25H24F3N7OS. The summed E-state index contributed by atoms with van der Waals surface area (Å²) in [5.74, 6) is 0.938. The molecule has 1 aromatic carbocycles. The van der Waals surface area contributed by atoms with Crippen molar-refractivity contribution < 1.29 is 17.4 Å². The summed E-state index contributed by atoms with van der Waals surface area (Å²) in [6, 6.07) is 13.3. The molecule has 1 aliphatic rings. The van der Waals surface area contributed by atoms with Crippen molar-refractivity contribution in [3.8, 4) is 22.6 Å². The van der Waals surface area contributed by atoms with Crippen molar-refractivity contribution >= 4 is 15.5 Å². The molecule has 192 valence electrons. The molecule has 12 heteroatoms. The lowest BCUT2D eigenvalue weighted by atomic mass is 9.95. The fraction of sp³-hybridized carbons (Fsp3) is 0.280. The van der Waals surface area contributed by atoms with Gasteiger partial charge >= 0.3 is 6.18 Å². The maximum absolute atomic E-state index is 13.5. The van der Waals surface area contributed by atoms with Gasteiger partial charge in [0, 0.05) is 28.6 Å². The summed E-state index contributed by atoms with van der Waals surface area (Å²) >= 11 is 0. The lowest BCUT2D eigenvalue weighted by Gasteiger charge is -2.30. The third kappa shape index (κ3) is 5.48. The summed E-state index contributed by atoms with van der Waals surface area (Å²) in [6.45, 7) is 0. The van der Waals surface area contributed by atoms with Crippen molar-refractivity contribution in [3.05, 3.63) is 72.8 Å². The van der Waals surface area contributed by atoms with Crippen LogP contribution >= 0.6 is 0 Å². The topological polar surface area (TPSA) is 120 Å². The number of alkyl halides is 3. The van der Waals surface area contributed by atoms with Gasteiger partial charge in [0.15, 0.2) is 5.82 Å². The van der Waals surface area contributed by atoms with Gasteiger partial charge in [-0.05, 0) is 73.2 Å². The van der Waals surface area contributed by atoms with Crippen LogP contribution in [0.2, 0.25) is 0 Å². The zero-order chi connectivity index (χ0) is 26.0. The van der Waals surface area contributed by atoms with Crippen LogP contribution in [0.1, 0.15) is 31.2 Å². The zero-order valence-electron chi connectivity index (χ0n) is 19.6. The lowest BCUT2D eigenvalue weighted by Crippen LogP contribution is -2.32. The van der Waals surface area contributed by atoms with Gasteiger partial charge in [-0.3, -0.25) is 10.1 Å². The van der Waals surface area contributed by atoms with Crippen LogP contribution < -0.4 is 5.32 Å². The summed E-state index contributed by atoms with van der Waals surface area (Å²) in [5, 5.41) is 9.50. The summed E-state index contributed by atoms with van der Waals surface area (Å²) in [4.78, 5) is 12.8. The van der Waals surface area contributed by atoms with Crippen LogP contribution in [-0.2, 0) is 15.9 Å². The number of benzene rings is 1. The Bertz CT molecular complexity index is 1450. The number of nitrogens with one attached hydrogen (secondary N) is 3. The Balaban J connectivity index is 1.22. The zero-order valence-corrected chi connectivity index (χ0v) is 20.4. The molecule has 1 fully saturated rings. The van der Waals surface area contributed by atoms with Crippen molar-refractivity contribution in [1.82, 2.24) is 25.1 Å². The molecule has 1 aliphatic carbocycles. The first kappa shape index (κ1) is 24.9. The number of H-pyrrole nitrogens is 1. The van der Waals surface area contributed by atoms with E-state index in [1.807, 2.05) is 24.3 Å². The molecule has 0 spiro atoms. The number of anilines is 1. The molecule has 4 aromatic rings. The van der Waals surface area contributed by atoms with E-state index in [-0.39, 0.29) is 11.3 Å². The quantitative estimate of drug-likeness (QED) is 0.293. The molecule has 0 saturated heterocycles. The van der Waals surface area contributed by atoms with Crippen LogP contribution in [0.3, 0.4) is 0 Å². The Morgan fingerprint density at radius 3 is 2.32 bits per heavy atom. The van der Waals surface area contributed by atoms with Crippen LogP contribution in [0.25, 0.3) is 22.6 Å². The number of hydrogen-bond donors (Lipinski definition) is 3. The molecule has 0 radical (unpaired) electrons. The second kappa shape index (κ2) is 9.92. The number of aromatic amines is 1. The smallest absolute Gasteiger partial charge is 0.367 e. The van der Waals surface area contributed by atoms with Crippen LogP contribution in [0.5, 0.6) is 0 Å². The van der Waals surface area contributed by atoms with E-state index in [2.05, 4.69) is 30.5 Å². The third-order valence-corrected chi connectivity index (χ3v) is 8.92. The Labute approximate surface area is 211 Å². The number of rotatable bonds is 6. The van der Waals surface area contributed by atoms with Gasteiger partial charge in [0.1, 0.15) is 17.8 Å². The number of pyridine rings is 2. The SMILES string of the molecule is N=S(=O)(c1ccc(-c2ccnc(-c3ncn[nH]3)c2)cc1)C1CCC(Nc2ccc(C(F)(F)F)cn2)CC1. The van der Waals surface area contributed by atoms with E-state index in [1.54, 1.807) is 18.3 Å². The molecule has 37 heavy (non-hydrogen) atoms. The van der Waals surface area contributed by atoms with Gasteiger partial charge in [-0.15, -0.1) is 0 Å². The van der Waals surface area contributed by atoms with Crippen molar-refractivity contribution in [2.24, 2.45) is 0 Å². The van der Waals surface area contributed by atoms with Crippen molar-refractivity contribution in [1.29, 1.82) is 4.78 Å². The molecule has 3 N–H and O–H groups in total. The summed E-state index contributed by atoms with van der Waals surface area (Å²) < 4.78 is 60.4. The number of nitrogens with zero attached hydrogens (tertiary/aromatic N) is 4. The van der Waals surface area contributed by atoms with Gasteiger partial charge in [0.2, 0.25) is 0 Å². The monoisotopic (exact) mass is 527 g/mol. The average molecular weight is 528 g/mol. The maximum Gasteiger partial charge on any atom is 0.417 e. The van der Waals surface area contributed by atoms with Gasteiger partial charge in [-0.1, -0.05) is 12.1 Å². The molecule has 8 nitrogen and oxygen atoms in total. The highest BCUT2D eigenvalue weighted by atomic mass is 32.2. The highest BCUT2D eigenvalue weighted by Gasteiger charge is 2.32. The van der Waals surface area contributed by atoms with Crippen LogP contribution in [-0.4, -0.2) is 40.6 Å². The first-order valence-corrected chi connectivity index (χ1v) is 13.3. The highest BCUT2D eigenvalue weighted by molar-refractivity contribution is 7.93. The van der Waals surface area contributed by atoms with Crippen molar-refractivity contribution in [2.75, 3.05) is 5.32 Å². The predicted octanol–water partition coefficient (Wildman–Crippen LogP) is 5.78. The third-order valence-electron chi connectivity index (χ3n) is 6.54. The van der Waals surface area contributed by atoms with Gasteiger partial charge < -0.3 is 5.32 Å². The van der Waals surface area contributed by atoms with Crippen LogP contribution in [0.4, 0.5) is 19.0 Å². The molecule has 0 bridgehead atoms. The minimum absolute atomic E-state index is 0.00307. The van der Waals surface area contributed by atoms with E-state index >= 15 is 0 Å². The summed E-state index contributed by atoms with van der Waals surface area (Å²) in [5.41, 5.74) is 1.67. The van der Waals surface area contributed by atoms with Crippen molar-refractivity contribution in [3.63, 3.8) is 0 Å². The number of halogens is 3. The summed E-state index contributed by atoms with van der Waals surface area (Å²) in [7, 11) is -3.03. The molecule has 1 saturated carbocycles. The summed E-state index contributed by atoms with van der Waals surface area (Å²) in [6.07, 6.45) is 1.95. The molecular weight excluding hydrogens is 503 g/mol. The van der Waals surface area contributed by atoms with E-state index in [9.17, 15) is 17.4 Å². The number of aromatic nitrogens is 5. The first-order valence-electron chi connectivity index (χ1n) is 11.7. The minimum Gasteiger partial charge on any atom is -0.367 e. The predicted molar refractivity (Wildman–Crippen MR) is 133 cm³/mol. The molecule has 1 atom stereocenters. The second-order valence-corrected chi connectivity index (χ2v) is 11.3. The molecule has 3 aromatic heterocycles. The van der Waals surface area contributed by atoms with Gasteiger partial charge in [-0.2, -0.15) is 18.3 Å². The standard InChI is InChI=1S/C25H24F3N7OS/c26-25(27,28)18-3-10-23(31-14-18)34-19-4-8-21(9-5-19)37(29,36)20-6-1-16(2-7-20)17-11-12-30-22(13-17)24-32-15-33-35-24/h1-3,6-7,10-15,19,21,29H,4-5,8-9H2,(H,31,34)(H,32,33,35). The second-order valence-electron chi connectivity index (χ2n) is 8.94. The van der Waals surface area contributed by atoms with Crippen LogP contribution in [0, 0.1) is 4.78 Å². The largest absolute Gasteiger partial charge is 0.417 e. The Morgan fingerprint density at radius 2 is 1.70 bits per heavy atom. The lowest BCUT2D eigenvalue weighted by molar-refractivity contribution is -0.137. The first-order chi connectivity index (χ1) is 17.7. The minimum atomic E-state index is -4.42. The van der Waals surface area contributed by atoms with Crippen molar-refractivity contribution in [2.45, 2.75) is 48.0 Å². The van der Waals surface area contributed by atoms with E-state index in [0.717, 1.165) is 23.4 Å². The van der Waals surface area contributed by atoms with Crippen LogP contribution in [0.15, 0.2) is 72.1 Å². The van der Waals surface area contributed by atoms with E-state index in [1.165, 1.54) is 12.4 Å². The Morgan fingerprint density at radius 1 is 0.946 bits per heavy atom. The van der Waals surface area contributed by atoms with Gasteiger partial charge in [-0.25, -0.2) is 19.0 Å². The molecule has 3 heterocycles. The molecule has 0 aliphatic heterocycles. The highest BCUT2D eigenvalue weighted by Crippen LogP contribution is 2.33. The fourth-order valence-corrected chi connectivity index (χ4v) is 6.37. The average Bonchev–Trinajstić information content (AvgIpc) is 3.44. The molecule has 0 amide bonds. The van der Waals surface area contributed by atoms with E-state index < -0.39 is 21.5 Å². The Hall–Kier alpha value is -3.80. The normalized spacial score (nSPS) is 19.8. The van der Waals surface area contributed by atoms with Gasteiger partial charge in [0.25, 0.3) is 0 Å². The van der Waals surface area contributed by atoms with E-state index in [4.69, 9.17) is 4.78 Å². The van der Waals surface area contributed by atoms with E-state index in [0.29, 0.717) is 47.9 Å². The fourth-order valence-electron chi connectivity index (χ4n) is 4.51. The Kier molecular flexibility index (Phi) is 6.67.